The van der Waals surface area contributed by atoms with Gasteiger partial charge in [0, 0.05) is 26.0 Å². The van der Waals surface area contributed by atoms with E-state index < -0.39 is 5.82 Å². The van der Waals surface area contributed by atoms with Gasteiger partial charge in [-0.25, -0.2) is 9.37 Å². The second-order valence-electron chi connectivity index (χ2n) is 4.17. The van der Waals surface area contributed by atoms with Crippen LogP contribution in [0.4, 0.5) is 10.2 Å². The summed E-state index contributed by atoms with van der Waals surface area (Å²) in [5.74, 6) is -0.545. The molecule has 1 amide bonds. The third-order valence-corrected chi connectivity index (χ3v) is 2.76. The molecule has 0 radical (unpaired) electrons. The number of hydrogen-bond donors (Lipinski definition) is 2. The monoisotopic (exact) mass is 274 g/mol. The molecule has 104 valence electrons. The van der Waals surface area contributed by atoms with Crippen molar-refractivity contribution in [3.63, 3.8) is 0 Å². The Bertz CT molecular complexity index is 589. The molecule has 0 fully saturated rings. The maximum absolute atomic E-state index is 13.2. The molecule has 0 aliphatic rings. The Morgan fingerprint density at radius 2 is 2.25 bits per heavy atom. The topological polar surface area (TPSA) is 66.9 Å². The number of carbonyl (C=O) groups excluding carboxylic acids is 1. The molecule has 0 atom stereocenters. The van der Waals surface area contributed by atoms with Crippen LogP contribution >= 0.6 is 0 Å². The van der Waals surface area contributed by atoms with E-state index in [0.29, 0.717) is 18.8 Å². The molecule has 5 nitrogen and oxygen atoms in total. The molecule has 2 aromatic rings. The summed E-state index contributed by atoms with van der Waals surface area (Å²) in [4.78, 5) is 19.8. The summed E-state index contributed by atoms with van der Waals surface area (Å²) < 4.78 is 13.2. The van der Waals surface area contributed by atoms with E-state index >= 15 is 0 Å². The van der Waals surface area contributed by atoms with Gasteiger partial charge in [-0.1, -0.05) is 6.07 Å². The molecule has 2 heterocycles. The number of pyridine rings is 2. The highest BCUT2D eigenvalue weighted by Crippen LogP contribution is 2.12. The first-order chi connectivity index (χ1) is 9.70. The molecule has 20 heavy (non-hydrogen) atoms. The fourth-order valence-corrected chi connectivity index (χ4v) is 1.77. The molecule has 2 N–H and O–H groups in total. The lowest BCUT2D eigenvalue weighted by Gasteiger charge is -2.09. The first-order valence-electron chi connectivity index (χ1n) is 6.21. The predicted octanol–water partition coefficient (Wildman–Crippen LogP) is 1.63. The predicted molar refractivity (Wildman–Crippen MR) is 74.0 cm³/mol. The van der Waals surface area contributed by atoms with Crippen LogP contribution in [0.5, 0.6) is 0 Å². The Balaban J connectivity index is 1.97. The lowest BCUT2D eigenvalue weighted by atomic mass is 10.2. The molecule has 0 aromatic carbocycles. The summed E-state index contributed by atoms with van der Waals surface area (Å²) >= 11 is 0. The fourth-order valence-electron chi connectivity index (χ4n) is 1.77. The van der Waals surface area contributed by atoms with Gasteiger partial charge in [0.05, 0.1) is 11.8 Å². The van der Waals surface area contributed by atoms with E-state index in [4.69, 9.17) is 0 Å². The van der Waals surface area contributed by atoms with E-state index in [1.54, 1.807) is 19.4 Å². The molecular formula is C14H15FN4O. The lowest BCUT2D eigenvalue weighted by molar-refractivity contribution is 0.0954. The summed E-state index contributed by atoms with van der Waals surface area (Å²) in [5.41, 5.74) is 1.22. The first-order valence-corrected chi connectivity index (χ1v) is 6.21. The van der Waals surface area contributed by atoms with Crippen molar-refractivity contribution in [2.75, 3.05) is 18.9 Å². The van der Waals surface area contributed by atoms with Crippen LogP contribution < -0.4 is 10.6 Å². The van der Waals surface area contributed by atoms with E-state index in [1.165, 1.54) is 0 Å². The molecule has 0 spiro atoms. The van der Waals surface area contributed by atoms with Crippen LogP contribution in [-0.4, -0.2) is 29.5 Å². The van der Waals surface area contributed by atoms with Crippen molar-refractivity contribution in [1.29, 1.82) is 0 Å². The standard InChI is InChI=1S/C14H15FN4O/c1-16-13-12(7-11(15)9-19-13)14(20)18-6-4-10-3-2-5-17-8-10/h2-3,5,7-9H,4,6H2,1H3,(H,16,19)(H,18,20). The maximum Gasteiger partial charge on any atom is 0.255 e. The van der Waals surface area contributed by atoms with Gasteiger partial charge in [0.2, 0.25) is 0 Å². The number of carbonyl (C=O) groups is 1. The number of amides is 1. The van der Waals surface area contributed by atoms with E-state index in [1.807, 2.05) is 12.1 Å². The van der Waals surface area contributed by atoms with Crippen LogP contribution in [0.15, 0.2) is 36.8 Å². The van der Waals surface area contributed by atoms with Gasteiger partial charge in [0.15, 0.2) is 0 Å². The Labute approximate surface area is 116 Å². The van der Waals surface area contributed by atoms with Crippen LogP contribution in [0.1, 0.15) is 15.9 Å². The van der Waals surface area contributed by atoms with Gasteiger partial charge >= 0.3 is 0 Å². The lowest BCUT2D eigenvalue weighted by Crippen LogP contribution is -2.26. The summed E-state index contributed by atoms with van der Waals surface area (Å²) in [5, 5.41) is 5.50. The van der Waals surface area contributed by atoms with Gasteiger partial charge in [-0.3, -0.25) is 9.78 Å². The van der Waals surface area contributed by atoms with Gasteiger partial charge < -0.3 is 10.6 Å². The average molecular weight is 274 g/mol. The number of nitrogens with zero attached hydrogens (tertiary/aromatic N) is 2. The Morgan fingerprint density at radius 1 is 1.40 bits per heavy atom. The van der Waals surface area contributed by atoms with Crippen molar-refractivity contribution >= 4 is 11.7 Å². The summed E-state index contributed by atoms with van der Waals surface area (Å²) in [7, 11) is 1.63. The number of nitrogens with one attached hydrogen (secondary N) is 2. The maximum atomic E-state index is 13.2. The van der Waals surface area contributed by atoms with Gasteiger partial charge in [0.25, 0.3) is 5.91 Å². The quantitative estimate of drug-likeness (QED) is 0.869. The Kier molecular flexibility index (Phi) is 4.60. The zero-order chi connectivity index (χ0) is 14.4. The van der Waals surface area contributed by atoms with Crippen LogP contribution in [0.2, 0.25) is 0 Å². The molecule has 6 heteroatoms. The largest absolute Gasteiger partial charge is 0.372 e. The van der Waals surface area contributed by atoms with Gasteiger partial charge in [-0.05, 0) is 24.1 Å². The normalized spacial score (nSPS) is 10.1. The van der Waals surface area contributed by atoms with Crippen molar-refractivity contribution in [3.8, 4) is 0 Å². The van der Waals surface area contributed by atoms with Crippen LogP contribution in [0.25, 0.3) is 0 Å². The summed E-state index contributed by atoms with van der Waals surface area (Å²) in [6.45, 7) is 0.449. The summed E-state index contributed by atoms with van der Waals surface area (Å²) in [6, 6.07) is 4.94. The zero-order valence-electron chi connectivity index (χ0n) is 11.1. The molecule has 0 aliphatic heterocycles. The van der Waals surface area contributed by atoms with Crippen molar-refractivity contribution in [2.45, 2.75) is 6.42 Å². The minimum Gasteiger partial charge on any atom is -0.372 e. The number of anilines is 1. The fraction of sp³-hybridized carbons (Fsp3) is 0.214. The highest BCUT2D eigenvalue weighted by Gasteiger charge is 2.12. The van der Waals surface area contributed by atoms with Crippen molar-refractivity contribution < 1.29 is 9.18 Å². The Morgan fingerprint density at radius 3 is 2.95 bits per heavy atom. The van der Waals surface area contributed by atoms with E-state index in [-0.39, 0.29) is 11.5 Å². The van der Waals surface area contributed by atoms with Crippen molar-refractivity contribution in [3.05, 3.63) is 53.7 Å². The molecular weight excluding hydrogens is 259 g/mol. The molecule has 0 unspecified atom stereocenters. The second kappa shape index (κ2) is 6.60. The van der Waals surface area contributed by atoms with Gasteiger partial charge in [-0.2, -0.15) is 0 Å². The first kappa shape index (κ1) is 13.9. The van der Waals surface area contributed by atoms with E-state index in [9.17, 15) is 9.18 Å². The molecule has 0 aliphatic carbocycles. The molecule has 2 rings (SSSR count). The van der Waals surface area contributed by atoms with Crippen LogP contribution in [0, 0.1) is 5.82 Å². The number of halogens is 1. The highest BCUT2D eigenvalue weighted by atomic mass is 19.1. The van der Waals surface area contributed by atoms with Crippen molar-refractivity contribution in [1.82, 2.24) is 15.3 Å². The molecule has 0 bridgehead atoms. The third-order valence-electron chi connectivity index (χ3n) is 2.76. The van der Waals surface area contributed by atoms with Gasteiger partial charge in [-0.15, -0.1) is 0 Å². The SMILES string of the molecule is CNc1ncc(F)cc1C(=O)NCCc1cccnc1. The van der Waals surface area contributed by atoms with E-state index in [2.05, 4.69) is 20.6 Å². The summed E-state index contributed by atoms with van der Waals surface area (Å²) in [6.07, 6.45) is 5.17. The van der Waals surface area contributed by atoms with Crippen molar-refractivity contribution in [2.24, 2.45) is 0 Å². The zero-order valence-corrected chi connectivity index (χ0v) is 11.1. The Hall–Kier alpha value is -2.50. The highest BCUT2D eigenvalue weighted by molar-refractivity contribution is 5.98. The van der Waals surface area contributed by atoms with Crippen LogP contribution in [-0.2, 0) is 6.42 Å². The van der Waals surface area contributed by atoms with Crippen LogP contribution in [0.3, 0.4) is 0 Å². The van der Waals surface area contributed by atoms with E-state index in [0.717, 1.165) is 17.8 Å². The smallest absolute Gasteiger partial charge is 0.255 e. The average Bonchev–Trinajstić information content (AvgIpc) is 2.48. The number of rotatable bonds is 5. The minimum absolute atomic E-state index is 0.193. The third kappa shape index (κ3) is 3.50. The number of aromatic nitrogens is 2. The number of hydrogen-bond acceptors (Lipinski definition) is 4. The molecule has 0 saturated heterocycles. The van der Waals surface area contributed by atoms with Gasteiger partial charge in [0.1, 0.15) is 11.6 Å². The second-order valence-corrected chi connectivity index (χ2v) is 4.17. The molecule has 0 saturated carbocycles. The molecule has 2 aromatic heterocycles. The minimum atomic E-state index is -0.540.